The number of ether oxygens (including phenoxy) is 1. The van der Waals surface area contributed by atoms with Crippen LogP contribution < -0.4 is 10.6 Å². The van der Waals surface area contributed by atoms with E-state index in [-0.39, 0.29) is 12.1 Å². The van der Waals surface area contributed by atoms with Crippen LogP contribution in [-0.4, -0.2) is 105 Å². The van der Waals surface area contributed by atoms with Crippen LogP contribution in [0.2, 0.25) is 0 Å². The Balaban J connectivity index is 1.62. The standard InChI is InChI=1S/C18H36N6O2/c1-18(2,3)26-17(25)24-13-15(14-24)21-16(19-4)20-7-10-23-9-6-8-22(5)11-12-23/h15H,6-14H2,1-5H3,(H2,19,20,21). The molecule has 2 heterocycles. The Morgan fingerprint density at radius 2 is 1.92 bits per heavy atom. The van der Waals surface area contributed by atoms with Gasteiger partial charge in [0.2, 0.25) is 0 Å². The van der Waals surface area contributed by atoms with Crippen LogP contribution in [0.3, 0.4) is 0 Å². The molecule has 0 aromatic rings. The zero-order chi connectivity index (χ0) is 19.2. The molecule has 0 spiro atoms. The number of likely N-dealkylation sites (N-methyl/N-ethyl adjacent to an activating group) is 1. The van der Waals surface area contributed by atoms with E-state index in [1.807, 2.05) is 20.8 Å². The molecule has 2 rings (SSSR count). The minimum atomic E-state index is -0.449. The third kappa shape index (κ3) is 6.99. The van der Waals surface area contributed by atoms with Gasteiger partial charge in [0.15, 0.2) is 5.96 Å². The second-order valence-electron chi connectivity index (χ2n) is 8.22. The smallest absolute Gasteiger partial charge is 0.410 e. The van der Waals surface area contributed by atoms with Gasteiger partial charge in [0.25, 0.3) is 0 Å². The maximum absolute atomic E-state index is 12.0. The Morgan fingerprint density at radius 1 is 1.19 bits per heavy atom. The van der Waals surface area contributed by atoms with Gasteiger partial charge in [0.05, 0.1) is 6.04 Å². The predicted molar refractivity (Wildman–Crippen MR) is 105 cm³/mol. The summed E-state index contributed by atoms with van der Waals surface area (Å²) in [4.78, 5) is 22.8. The molecule has 26 heavy (non-hydrogen) atoms. The molecule has 2 aliphatic rings. The van der Waals surface area contributed by atoms with Crippen LogP contribution >= 0.6 is 0 Å². The van der Waals surface area contributed by atoms with Crippen molar-refractivity contribution in [1.29, 1.82) is 0 Å². The molecule has 2 fully saturated rings. The number of aliphatic imine (C=N–C) groups is 1. The lowest BCUT2D eigenvalue weighted by atomic mass is 10.1. The van der Waals surface area contributed by atoms with Crippen LogP contribution in [0.1, 0.15) is 27.2 Å². The maximum atomic E-state index is 12.0. The topological polar surface area (TPSA) is 72.4 Å². The van der Waals surface area contributed by atoms with E-state index in [4.69, 9.17) is 4.74 Å². The first kappa shape index (κ1) is 20.8. The van der Waals surface area contributed by atoms with Gasteiger partial charge in [-0.1, -0.05) is 0 Å². The van der Waals surface area contributed by atoms with Crippen molar-refractivity contribution >= 4 is 12.1 Å². The number of carbonyl (C=O) groups excluding carboxylic acids is 1. The molecule has 2 saturated heterocycles. The van der Waals surface area contributed by atoms with E-state index < -0.39 is 5.60 Å². The number of nitrogens with zero attached hydrogens (tertiary/aromatic N) is 4. The lowest BCUT2D eigenvalue weighted by molar-refractivity contribution is 0.00701. The molecule has 2 N–H and O–H groups in total. The average Bonchev–Trinajstić information content (AvgIpc) is 2.71. The van der Waals surface area contributed by atoms with E-state index >= 15 is 0 Å². The minimum Gasteiger partial charge on any atom is -0.444 e. The van der Waals surface area contributed by atoms with Gasteiger partial charge in [-0.25, -0.2) is 4.79 Å². The monoisotopic (exact) mass is 368 g/mol. The highest BCUT2D eigenvalue weighted by molar-refractivity contribution is 5.80. The zero-order valence-electron chi connectivity index (χ0n) is 17.0. The molecular weight excluding hydrogens is 332 g/mol. The number of guanidine groups is 1. The quantitative estimate of drug-likeness (QED) is 0.553. The van der Waals surface area contributed by atoms with Gasteiger partial charge in [-0.15, -0.1) is 0 Å². The molecule has 1 amide bonds. The van der Waals surface area contributed by atoms with Crippen molar-refractivity contribution in [2.45, 2.75) is 38.8 Å². The second kappa shape index (κ2) is 9.41. The summed E-state index contributed by atoms with van der Waals surface area (Å²) in [6.07, 6.45) is 0.983. The number of rotatable bonds is 4. The first-order valence-corrected chi connectivity index (χ1v) is 9.63. The fraction of sp³-hybridized carbons (Fsp3) is 0.889. The first-order chi connectivity index (χ1) is 12.3. The van der Waals surface area contributed by atoms with Gasteiger partial charge < -0.3 is 30.1 Å². The summed E-state index contributed by atoms with van der Waals surface area (Å²) < 4.78 is 5.38. The van der Waals surface area contributed by atoms with Gasteiger partial charge >= 0.3 is 6.09 Å². The number of nitrogens with one attached hydrogen (secondary N) is 2. The highest BCUT2D eigenvalue weighted by Gasteiger charge is 2.34. The SMILES string of the molecule is CN=C(NCCN1CCCN(C)CC1)NC1CN(C(=O)OC(C)(C)C)C1. The molecule has 8 nitrogen and oxygen atoms in total. The molecule has 150 valence electrons. The number of likely N-dealkylation sites (tertiary alicyclic amines) is 1. The predicted octanol–water partition coefficient (Wildman–Crippen LogP) is 0.408. The van der Waals surface area contributed by atoms with E-state index in [1.165, 1.54) is 13.0 Å². The Hall–Kier alpha value is -1.54. The number of amides is 1. The highest BCUT2D eigenvalue weighted by Crippen LogP contribution is 2.15. The third-order valence-corrected chi connectivity index (χ3v) is 4.63. The summed E-state index contributed by atoms with van der Waals surface area (Å²) in [6, 6.07) is 0.223. The van der Waals surface area contributed by atoms with E-state index in [0.29, 0.717) is 13.1 Å². The number of hydrogen-bond donors (Lipinski definition) is 2. The van der Waals surface area contributed by atoms with Crippen LogP contribution in [0.5, 0.6) is 0 Å². The normalized spacial score (nSPS) is 21.1. The summed E-state index contributed by atoms with van der Waals surface area (Å²) in [7, 11) is 3.97. The summed E-state index contributed by atoms with van der Waals surface area (Å²) in [5, 5.41) is 6.75. The Kier molecular flexibility index (Phi) is 7.52. The number of carbonyl (C=O) groups is 1. The van der Waals surface area contributed by atoms with Gasteiger partial charge in [-0.05, 0) is 47.3 Å². The highest BCUT2D eigenvalue weighted by atomic mass is 16.6. The average molecular weight is 369 g/mol. The largest absolute Gasteiger partial charge is 0.444 e. The zero-order valence-corrected chi connectivity index (χ0v) is 17.0. The molecule has 0 aliphatic carbocycles. The molecule has 8 heteroatoms. The Labute approximate surface area is 157 Å². The van der Waals surface area contributed by atoms with Gasteiger partial charge in [0, 0.05) is 46.3 Å². The fourth-order valence-electron chi connectivity index (χ4n) is 3.09. The fourth-order valence-corrected chi connectivity index (χ4v) is 3.09. The van der Waals surface area contributed by atoms with Gasteiger partial charge in [-0.2, -0.15) is 0 Å². The third-order valence-electron chi connectivity index (χ3n) is 4.63. The summed E-state index contributed by atoms with van der Waals surface area (Å²) >= 11 is 0. The van der Waals surface area contributed by atoms with E-state index in [2.05, 4.69) is 32.5 Å². The summed E-state index contributed by atoms with van der Waals surface area (Å²) in [5.74, 6) is 0.797. The first-order valence-electron chi connectivity index (χ1n) is 9.63. The van der Waals surface area contributed by atoms with Crippen molar-refractivity contribution in [3.63, 3.8) is 0 Å². The van der Waals surface area contributed by atoms with Crippen LogP contribution in [-0.2, 0) is 4.74 Å². The molecule has 0 aromatic heterocycles. The maximum Gasteiger partial charge on any atom is 0.410 e. The van der Waals surface area contributed by atoms with Crippen molar-refractivity contribution in [2.24, 2.45) is 4.99 Å². The van der Waals surface area contributed by atoms with Gasteiger partial charge in [-0.3, -0.25) is 4.99 Å². The molecule has 0 radical (unpaired) electrons. The van der Waals surface area contributed by atoms with Crippen molar-refractivity contribution in [2.75, 3.05) is 66.5 Å². The second-order valence-corrected chi connectivity index (χ2v) is 8.22. The lowest BCUT2D eigenvalue weighted by Crippen LogP contribution is -2.63. The van der Waals surface area contributed by atoms with Crippen molar-refractivity contribution in [1.82, 2.24) is 25.3 Å². The molecule has 2 aliphatic heterocycles. The van der Waals surface area contributed by atoms with E-state index in [9.17, 15) is 4.79 Å². The van der Waals surface area contributed by atoms with Crippen LogP contribution in [0, 0.1) is 0 Å². The van der Waals surface area contributed by atoms with E-state index in [0.717, 1.165) is 38.7 Å². The number of hydrogen-bond acceptors (Lipinski definition) is 5. The van der Waals surface area contributed by atoms with Crippen molar-refractivity contribution in [3.8, 4) is 0 Å². The van der Waals surface area contributed by atoms with Crippen molar-refractivity contribution in [3.05, 3.63) is 0 Å². The van der Waals surface area contributed by atoms with Crippen LogP contribution in [0.4, 0.5) is 4.79 Å². The summed E-state index contributed by atoms with van der Waals surface area (Å²) in [6.45, 7) is 13.4. The van der Waals surface area contributed by atoms with Gasteiger partial charge in [0.1, 0.15) is 5.60 Å². The molecular formula is C18H36N6O2. The molecule has 0 bridgehead atoms. The minimum absolute atomic E-state index is 0.223. The van der Waals surface area contributed by atoms with Crippen molar-refractivity contribution < 1.29 is 9.53 Å². The van der Waals surface area contributed by atoms with Crippen LogP contribution in [0.15, 0.2) is 4.99 Å². The summed E-state index contributed by atoms with van der Waals surface area (Å²) in [5.41, 5.74) is -0.449. The van der Waals surface area contributed by atoms with E-state index in [1.54, 1.807) is 11.9 Å². The molecule has 0 atom stereocenters. The molecule has 0 saturated carbocycles. The molecule has 0 unspecified atom stereocenters. The molecule has 0 aromatic carbocycles. The van der Waals surface area contributed by atoms with Crippen LogP contribution in [0.25, 0.3) is 0 Å². The Bertz CT molecular complexity index is 485. The lowest BCUT2D eigenvalue weighted by Gasteiger charge is -2.40. The Morgan fingerprint density at radius 3 is 2.58 bits per heavy atom.